The van der Waals surface area contributed by atoms with Gasteiger partial charge in [-0.2, -0.15) is 0 Å². The van der Waals surface area contributed by atoms with Gasteiger partial charge in [0.05, 0.1) is 0 Å². The van der Waals surface area contributed by atoms with E-state index in [9.17, 15) is 0 Å². The van der Waals surface area contributed by atoms with Crippen molar-refractivity contribution in [2.45, 2.75) is 12.3 Å². The monoisotopic (exact) mass is 239 g/mol. The summed E-state index contributed by atoms with van der Waals surface area (Å²) in [4.78, 5) is 4.05. The number of rotatable bonds is 4. The summed E-state index contributed by atoms with van der Waals surface area (Å²) in [7, 11) is 0. The summed E-state index contributed by atoms with van der Waals surface area (Å²) < 4.78 is 0. The zero-order chi connectivity index (χ0) is 8.81. The summed E-state index contributed by atoms with van der Waals surface area (Å²) in [5.41, 5.74) is 1.20. The van der Waals surface area contributed by atoms with Gasteiger partial charge in [-0.15, -0.1) is 30.1 Å². The normalized spacial score (nSPS) is 11.1. The van der Waals surface area contributed by atoms with Crippen LogP contribution in [-0.4, -0.2) is 4.98 Å². The van der Waals surface area contributed by atoms with E-state index in [0.717, 1.165) is 6.42 Å². The maximum atomic E-state index is 4.05. The number of halogens is 1. The lowest BCUT2D eigenvalue weighted by atomic mass is 9.98. The SMILES string of the molecule is Br.C=CCC(C=C)c1cccnc1. The molecule has 13 heavy (non-hydrogen) atoms. The maximum absolute atomic E-state index is 4.05. The second-order valence-corrected chi connectivity index (χ2v) is 2.65. The van der Waals surface area contributed by atoms with E-state index in [0.29, 0.717) is 5.92 Å². The molecule has 0 aliphatic rings. The van der Waals surface area contributed by atoms with Gasteiger partial charge < -0.3 is 0 Å². The Bertz CT molecular complexity index is 256. The highest BCUT2D eigenvalue weighted by Gasteiger charge is 2.03. The first-order chi connectivity index (χ1) is 5.88. The van der Waals surface area contributed by atoms with E-state index in [1.165, 1.54) is 5.56 Å². The zero-order valence-corrected chi connectivity index (χ0v) is 9.23. The number of hydrogen-bond donors (Lipinski definition) is 0. The van der Waals surface area contributed by atoms with Crippen molar-refractivity contribution in [1.29, 1.82) is 0 Å². The third-order valence-electron chi connectivity index (χ3n) is 1.82. The third kappa shape index (κ3) is 3.55. The van der Waals surface area contributed by atoms with Crippen LogP contribution < -0.4 is 0 Å². The van der Waals surface area contributed by atoms with E-state index in [-0.39, 0.29) is 17.0 Å². The first-order valence-electron chi connectivity index (χ1n) is 4.02. The largest absolute Gasteiger partial charge is 0.264 e. The Kier molecular flexibility index (Phi) is 6.15. The van der Waals surface area contributed by atoms with Crippen molar-refractivity contribution in [3.63, 3.8) is 0 Å². The highest BCUT2D eigenvalue weighted by molar-refractivity contribution is 8.93. The molecule has 2 heteroatoms. The van der Waals surface area contributed by atoms with Crippen molar-refractivity contribution in [2.24, 2.45) is 0 Å². The molecule has 0 aromatic carbocycles. The van der Waals surface area contributed by atoms with Crippen LogP contribution in [0.4, 0.5) is 0 Å². The van der Waals surface area contributed by atoms with Gasteiger partial charge in [-0.1, -0.05) is 18.2 Å². The van der Waals surface area contributed by atoms with Crippen molar-refractivity contribution in [3.05, 3.63) is 55.4 Å². The fourth-order valence-electron chi connectivity index (χ4n) is 1.14. The Morgan fingerprint density at radius 3 is 2.69 bits per heavy atom. The average molecular weight is 240 g/mol. The minimum absolute atomic E-state index is 0. The number of hydrogen-bond acceptors (Lipinski definition) is 1. The number of nitrogens with zero attached hydrogens (tertiary/aromatic N) is 1. The summed E-state index contributed by atoms with van der Waals surface area (Å²) >= 11 is 0. The van der Waals surface area contributed by atoms with Gasteiger partial charge in [0, 0.05) is 18.3 Å². The zero-order valence-electron chi connectivity index (χ0n) is 7.52. The second-order valence-electron chi connectivity index (χ2n) is 2.65. The van der Waals surface area contributed by atoms with Crippen LogP contribution in [0.5, 0.6) is 0 Å². The summed E-state index contributed by atoms with van der Waals surface area (Å²) in [5.74, 6) is 0.358. The molecule has 1 aromatic rings. The molecule has 0 N–H and O–H groups in total. The summed E-state index contributed by atoms with van der Waals surface area (Å²) in [6.07, 6.45) is 8.40. The lowest BCUT2D eigenvalue weighted by molar-refractivity contribution is 0.860. The molecule has 1 unspecified atom stereocenters. The molecule has 0 bridgehead atoms. The van der Waals surface area contributed by atoms with Gasteiger partial charge in [0.15, 0.2) is 0 Å². The van der Waals surface area contributed by atoms with Crippen LogP contribution in [0.3, 0.4) is 0 Å². The van der Waals surface area contributed by atoms with Crippen molar-refractivity contribution in [1.82, 2.24) is 4.98 Å². The molecule has 0 radical (unpaired) electrons. The maximum Gasteiger partial charge on any atom is 0.0305 e. The van der Waals surface area contributed by atoms with Gasteiger partial charge in [-0.3, -0.25) is 4.98 Å². The molecule has 0 fully saturated rings. The van der Waals surface area contributed by atoms with E-state index >= 15 is 0 Å². The highest BCUT2D eigenvalue weighted by Crippen LogP contribution is 2.19. The summed E-state index contributed by atoms with van der Waals surface area (Å²) in [6, 6.07) is 4.00. The minimum Gasteiger partial charge on any atom is -0.264 e. The lowest BCUT2D eigenvalue weighted by Gasteiger charge is -2.08. The molecule has 0 aliphatic carbocycles. The second kappa shape index (κ2) is 6.61. The molecule has 0 aliphatic heterocycles. The van der Waals surface area contributed by atoms with Crippen LogP contribution in [-0.2, 0) is 0 Å². The van der Waals surface area contributed by atoms with Crippen molar-refractivity contribution >= 4 is 17.0 Å². The fourth-order valence-corrected chi connectivity index (χ4v) is 1.14. The van der Waals surface area contributed by atoms with Crippen LogP contribution in [0.15, 0.2) is 49.8 Å². The molecule has 1 nitrogen and oxygen atoms in total. The van der Waals surface area contributed by atoms with E-state index in [4.69, 9.17) is 0 Å². The molecular weight excluding hydrogens is 226 g/mol. The summed E-state index contributed by atoms with van der Waals surface area (Å²) in [5, 5.41) is 0. The smallest absolute Gasteiger partial charge is 0.0305 e. The van der Waals surface area contributed by atoms with Crippen LogP contribution in [0.2, 0.25) is 0 Å². The Morgan fingerprint density at radius 1 is 1.46 bits per heavy atom. The first kappa shape index (κ1) is 12.1. The third-order valence-corrected chi connectivity index (χ3v) is 1.82. The van der Waals surface area contributed by atoms with Gasteiger partial charge in [0.2, 0.25) is 0 Å². The Balaban J connectivity index is 0.00000144. The Hall–Kier alpha value is -0.890. The average Bonchev–Trinajstić information content (AvgIpc) is 2.15. The first-order valence-corrected chi connectivity index (χ1v) is 4.02. The fraction of sp³-hybridized carbons (Fsp3) is 0.182. The molecule has 1 heterocycles. The molecule has 1 aromatic heterocycles. The van der Waals surface area contributed by atoms with E-state index < -0.39 is 0 Å². The standard InChI is InChI=1S/C11H13N.BrH/c1-3-6-10(4-2)11-7-5-8-12-9-11;/h3-5,7-10H,1-2,6H2;1H. The van der Waals surface area contributed by atoms with Crippen molar-refractivity contribution < 1.29 is 0 Å². The molecule has 0 amide bonds. The van der Waals surface area contributed by atoms with Crippen molar-refractivity contribution in [2.75, 3.05) is 0 Å². The van der Waals surface area contributed by atoms with Gasteiger partial charge in [-0.05, 0) is 18.1 Å². The molecule has 1 rings (SSSR count). The minimum atomic E-state index is 0. The van der Waals surface area contributed by atoms with Crippen LogP contribution in [0.1, 0.15) is 17.9 Å². The number of aromatic nitrogens is 1. The van der Waals surface area contributed by atoms with Gasteiger partial charge in [0.25, 0.3) is 0 Å². The van der Waals surface area contributed by atoms with Gasteiger partial charge >= 0.3 is 0 Å². The predicted octanol–water partition coefficient (Wildman–Crippen LogP) is 3.51. The number of pyridine rings is 1. The molecular formula is C11H14BrN. The molecule has 0 spiro atoms. The molecule has 1 atom stereocenters. The van der Waals surface area contributed by atoms with Crippen LogP contribution in [0, 0.1) is 0 Å². The highest BCUT2D eigenvalue weighted by atomic mass is 79.9. The molecule has 0 saturated carbocycles. The van der Waals surface area contributed by atoms with E-state index in [1.807, 2.05) is 24.4 Å². The number of allylic oxidation sites excluding steroid dienone is 2. The van der Waals surface area contributed by atoms with Gasteiger partial charge in [-0.25, -0.2) is 0 Å². The van der Waals surface area contributed by atoms with Crippen LogP contribution >= 0.6 is 17.0 Å². The van der Waals surface area contributed by atoms with Gasteiger partial charge in [0.1, 0.15) is 0 Å². The van der Waals surface area contributed by atoms with Crippen molar-refractivity contribution in [3.8, 4) is 0 Å². The Morgan fingerprint density at radius 2 is 2.23 bits per heavy atom. The molecule has 0 saturated heterocycles. The molecule has 70 valence electrons. The lowest BCUT2D eigenvalue weighted by Crippen LogP contribution is -1.92. The van der Waals surface area contributed by atoms with Crippen LogP contribution in [0.25, 0.3) is 0 Å². The van der Waals surface area contributed by atoms with E-state index in [1.54, 1.807) is 6.20 Å². The summed E-state index contributed by atoms with van der Waals surface area (Å²) in [6.45, 7) is 7.49. The Labute approximate surface area is 90.0 Å². The quantitative estimate of drug-likeness (QED) is 0.734. The topological polar surface area (TPSA) is 12.9 Å². The predicted molar refractivity (Wildman–Crippen MR) is 62.3 cm³/mol. The van der Waals surface area contributed by atoms with E-state index in [2.05, 4.69) is 24.2 Å².